The molecule has 15 nitrogen and oxygen atoms in total. The van der Waals surface area contributed by atoms with Crippen LogP contribution < -0.4 is 0 Å². The smallest absolute Gasteiger partial charge is 0.430 e. The molecule has 0 spiro atoms. The van der Waals surface area contributed by atoms with E-state index in [4.69, 9.17) is 37.9 Å². The molecule has 17 atom stereocenters. The van der Waals surface area contributed by atoms with Gasteiger partial charge in [0, 0.05) is 23.7 Å². The Morgan fingerprint density at radius 2 is 0.677 bits per heavy atom. The highest BCUT2D eigenvalue weighted by Crippen LogP contribution is 2.49. The third-order valence-electron chi connectivity index (χ3n) is 15.2. The minimum absolute atomic E-state index is 0.0208. The predicted molar refractivity (Wildman–Crippen MR) is 230 cm³/mol. The summed E-state index contributed by atoms with van der Waals surface area (Å²) in [5.74, 6) is 7.50. The van der Waals surface area contributed by atoms with E-state index in [1.54, 1.807) is 0 Å². The highest BCUT2D eigenvalue weighted by atomic mass is 16.8. The number of allylic oxidation sites excluding steroid dienone is 12. The molecular formula is C50H60O15. The van der Waals surface area contributed by atoms with E-state index in [-0.39, 0.29) is 30.5 Å². The molecule has 9 fully saturated rings. The molecule has 5 heterocycles. The van der Waals surface area contributed by atoms with Crippen LogP contribution in [0.2, 0.25) is 0 Å². The van der Waals surface area contributed by atoms with Gasteiger partial charge in [0.1, 0.15) is 57.5 Å². The van der Waals surface area contributed by atoms with Crippen molar-refractivity contribution in [2.45, 2.75) is 88.3 Å². The number of carbonyl (C=O) groups is 5. The van der Waals surface area contributed by atoms with Gasteiger partial charge in [0.25, 0.3) is 0 Å². The van der Waals surface area contributed by atoms with E-state index in [1.165, 1.54) is 57.4 Å². The predicted octanol–water partition coefficient (Wildman–Crippen LogP) is 9.15. The van der Waals surface area contributed by atoms with Crippen LogP contribution in [-0.4, -0.2) is 94.3 Å². The van der Waals surface area contributed by atoms with E-state index in [0.29, 0.717) is 80.4 Å². The quantitative estimate of drug-likeness (QED) is 0.145. The first-order chi connectivity index (χ1) is 31.6. The van der Waals surface area contributed by atoms with Crippen molar-refractivity contribution >= 4 is 30.8 Å². The van der Waals surface area contributed by atoms with Crippen molar-refractivity contribution in [3.63, 3.8) is 0 Å². The lowest BCUT2D eigenvalue weighted by Gasteiger charge is -2.21. The van der Waals surface area contributed by atoms with Crippen LogP contribution in [0.15, 0.2) is 85.6 Å². The summed E-state index contributed by atoms with van der Waals surface area (Å²) in [6.07, 6.45) is 36.2. The molecule has 5 saturated heterocycles. The van der Waals surface area contributed by atoms with Gasteiger partial charge in [-0.25, -0.2) is 24.0 Å². The van der Waals surface area contributed by atoms with Gasteiger partial charge in [0.2, 0.25) is 0 Å². The van der Waals surface area contributed by atoms with Gasteiger partial charge in [-0.15, -0.1) is 0 Å². The Hall–Kier alpha value is -5.47. The first kappa shape index (κ1) is 44.7. The third kappa shape index (κ3) is 11.0. The molecule has 0 radical (unpaired) electrons. The zero-order chi connectivity index (χ0) is 44.9. The maximum Gasteiger partial charge on any atom is 0.509 e. The Morgan fingerprint density at radius 3 is 0.831 bits per heavy atom. The summed E-state index contributed by atoms with van der Waals surface area (Å²) in [5, 5.41) is 0. The maximum atomic E-state index is 10.8. The maximum absolute atomic E-state index is 10.8. The molecule has 350 valence electrons. The largest absolute Gasteiger partial charge is 0.509 e. The minimum atomic E-state index is -0.602. The molecule has 65 heavy (non-hydrogen) atoms. The van der Waals surface area contributed by atoms with Crippen LogP contribution in [0.5, 0.6) is 0 Å². The number of ether oxygens (including phenoxy) is 10. The SMILES string of the molecule is C1=CCC=C1.C=CC1COC(=O)O1.O=C1OC[C@@H](C2CC3C=CC2C3)O1.O=C1OC[C@@H](C2CC3C=CC2C3)O1.O=C1OC[C@H](C2CC3C=CC2C3)O1.O=C1OC[C@H](C2CC3C=CC2C3)O1. The fourth-order valence-corrected chi connectivity index (χ4v) is 12.1. The number of cyclic esters (lactones) is 10. The average Bonchev–Trinajstić information content (AvgIpc) is 4.16. The van der Waals surface area contributed by atoms with Gasteiger partial charge in [0.15, 0.2) is 6.10 Å². The molecule has 8 bridgehead atoms. The molecular weight excluding hydrogens is 841 g/mol. The van der Waals surface area contributed by atoms with E-state index in [2.05, 4.69) is 89.0 Å². The first-order valence-corrected chi connectivity index (χ1v) is 23.5. The highest BCUT2D eigenvalue weighted by molar-refractivity contribution is 5.63. The van der Waals surface area contributed by atoms with Crippen molar-refractivity contribution < 1.29 is 71.3 Å². The Balaban J connectivity index is 0.000000101. The molecule has 5 aliphatic heterocycles. The van der Waals surface area contributed by atoms with Gasteiger partial charge in [-0.2, -0.15) is 0 Å². The third-order valence-corrected chi connectivity index (χ3v) is 15.2. The second kappa shape index (κ2) is 20.4. The molecule has 0 aromatic carbocycles. The van der Waals surface area contributed by atoms with Crippen LogP contribution in [0, 0.1) is 71.0 Å². The van der Waals surface area contributed by atoms with Crippen molar-refractivity contribution in [1.29, 1.82) is 0 Å². The summed E-state index contributed by atoms with van der Waals surface area (Å²) < 4.78 is 48.6. The van der Waals surface area contributed by atoms with Crippen LogP contribution in [0.3, 0.4) is 0 Å². The molecule has 0 amide bonds. The summed E-state index contributed by atoms with van der Waals surface area (Å²) in [4.78, 5) is 53.1. The lowest BCUT2D eigenvalue weighted by Crippen LogP contribution is -2.26. The van der Waals surface area contributed by atoms with E-state index >= 15 is 0 Å². The van der Waals surface area contributed by atoms with E-state index < -0.39 is 30.8 Å². The second-order valence-corrected chi connectivity index (χ2v) is 19.2. The Morgan fingerprint density at radius 1 is 0.385 bits per heavy atom. The van der Waals surface area contributed by atoms with Gasteiger partial charge in [-0.05, 0) is 111 Å². The summed E-state index contributed by atoms with van der Waals surface area (Å²) in [5.41, 5.74) is 0. The standard InChI is InChI=1S/4C10H12O3.C5H6O3.C5H6/c4*11-10-12-5-9(13-10)8-4-6-1-2-7(8)3-6;1-2-4-3-7-5(6)8-4;1-2-4-5-3-1/h4*1-2,6-9H,3-5H2;2,4H,1,3H2;1-4H,5H2/t4*6?,7?,8?,9-;;/m1100../s1. The normalized spacial score (nSPS) is 41.9. The molecule has 9 aliphatic carbocycles. The van der Waals surface area contributed by atoms with Crippen LogP contribution >= 0.6 is 0 Å². The number of hydrogen-bond donors (Lipinski definition) is 0. The van der Waals surface area contributed by atoms with Crippen LogP contribution in [-0.2, 0) is 47.4 Å². The van der Waals surface area contributed by atoms with Crippen LogP contribution in [0.25, 0.3) is 0 Å². The molecule has 14 aliphatic rings. The monoisotopic (exact) mass is 900 g/mol. The van der Waals surface area contributed by atoms with Crippen LogP contribution in [0.4, 0.5) is 24.0 Å². The topological polar surface area (TPSA) is 178 Å². The zero-order valence-corrected chi connectivity index (χ0v) is 36.6. The van der Waals surface area contributed by atoms with Gasteiger partial charge in [-0.3, -0.25) is 0 Å². The van der Waals surface area contributed by atoms with Crippen molar-refractivity contribution in [2.75, 3.05) is 33.0 Å². The molecule has 0 aromatic rings. The van der Waals surface area contributed by atoms with E-state index in [0.717, 1.165) is 30.1 Å². The Labute approximate surface area is 379 Å². The highest BCUT2D eigenvalue weighted by Gasteiger charge is 2.47. The zero-order valence-electron chi connectivity index (χ0n) is 36.6. The van der Waals surface area contributed by atoms with Crippen molar-refractivity contribution in [3.05, 3.63) is 85.6 Å². The lowest BCUT2D eigenvalue weighted by atomic mass is 9.89. The molecule has 14 rings (SSSR count). The number of fused-ring (bicyclic) bond motifs is 8. The van der Waals surface area contributed by atoms with Crippen molar-refractivity contribution in [3.8, 4) is 0 Å². The van der Waals surface area contributed by atoms with Gasteiger partial charge in [-0.1, -0.05) is 79.5 Å². The van der Waals surface area contributed by atoms with Crippen LogP contribution in [0.1, 0.15) is 57.8 Å². The van der Waals surface area contributed by atoms with E-state index in [9.17, 15) is 24.0 Å². The number of carbonyl (C=O) groups excluding carboxylic acids is 5. The van der Waals surface area contributed by atoms with Crippen molar-refractivity contribution in [1.82, 2.24) is 0 Å². The van der Waals surface area contributed by atoms with Gasteiger partial charge in [0.05, 0.1) is 0 Å². The average molecular weight is 901 g/mol. The Kier molecular flexibility index (Phi) is 14.0. The Bertz CT molecular complexity index is 1730. The number of rotatable bonds is 5. The summed E-state index contributed by atoms with van der Waals surface area (Å²) in [6.45, 7) is 5.56. The molecule has 13 unspecified atom stereocenters. The summed E-state index contributed by atoms with van der Waals surface area (Å²) in [6, 6.07) is 0. The molecule has 4 saturated carbocycles. The molecule has 15 heteroatoms. The number of hydrogen-bond acceptors (Lipinski definition) is 15. The van der Waals surface area contributed by atoms with Crippen molar-refractivity contribution in [2.24, 2.45) is 71.0 Å². The lowest BCUT2D eigenvalue weighted by molar-refractivity contribution is 0.0900. The molecule has 0 aromatic heterocycles. The summed E-state index contributed by atoms with van der Waals surface area (Å²) in [7, 11) is 0. The van der Waals surface area contributed by atoms with Gasteiger partial charge < -0.3 is 47.4 Å². The van der Waals surface area contributed by atoms with E-state index in [1.807, 2.05) is 0 Å². The fraction of sp³-hybridized carbons (Fsp3) is 0.620. The fourth-order valence-electron chi connectivity index (χ4n) is 12.1. The first-order valence-electron chi connectivity index (χ1n) is 23.5. The second-order valence-electron chi connectivity index (χ2n) is 19.2. The molecule has 0 N–H and O–H groups in total. The summed E-state index contributed by atoms with van der Waals surface area (Å²) >= 11 is 0. The minimum Gasteiger partial charge on any atom is -0.430 e. The van der Waals surface area contributed by atoms with Gasteiger partial charge >= 0.3 is 30.8 Å².